The van der Waals surface area contributed by atoms with E-state index in [1.807, 2.05) is 6.92 Å². The highest BCUT2D eigenvalue weighted by Gasteiger charge is 2.12. The normalized spacial score (nSPS) is 10.3. The fraction of sp³-hybridized carbons (Fsp3) is 0.182. The molecule has 0 atom stereocenters. The van der Waals surface area contributed by atoms with Crippen molar-refractivity contribution in [3.8, 4) is 11.6 Å². The lowest BCUT2D eigenvalue weighted by atomic mass is 10.3. The summed E-state index contributed by atoms with van der Waals surface area (Å²) < 4.78 is 5.63. The van der Waals surface area contributed by atoms with Gasteiger partial charge in [0.25, 0.3) is 0 Å². The predicted molar refractivity (Wildman–Crippen MR) is 65.6 cm³/mol. The van der Waals surface area contributed by atoms with Crippen molar-refractivity contribution in [2.24, 2.45) is 0 Å². The number of hydrogen-bond acceptors (Lipinski definition) is 4. The number of halogens is 2. The number of rotatable bonds is 3. The molecule has 2 aromatic heterocycles. The van der Waals surface area contributed by atoms with Crippen LogP contribution in [0.25, 0.3) is 0 Å². The molecule has 0 saturated heterocycles. The van der Waals surface area contributed by atoms with Gasteiger partial charge in [0.2, 0.25) is 5.88 Å². The summed E-state index contributed by atoms with van der Waals surface area (Å²) in [6.45, 7) is 1.85. The van der Waals surface area contributed by atoms with Gasteiger partial charge in [-0.15, -0.1) is 11.6 Å². The van der Waals surface area contributed by atoms with Crippen molar-refractivity contribution < 1.29 is 4.74 Å². The topological polar surface area (TPSA) is 47.9 Å². The van der Waals surface area contributed by atoms with Crippen LogP contribution < -0.4 is 4.74 Å². The zero-order valence-electron chi connectivity index (χ0n) is 9.02. The van der Waals surface area contributed by atoms with Gasteiger partial charge in [0.1, 0.15) is 11.5 Å². The van der Waals surface area contributed by atoms with E-state index in [4.69, 9.17) is 27.9 Å². The SMILES string of the molecule is Cc1ncccc1Oc1ncnc(Cl)c1CCl. The van der Waals surface area contributed by atoms with Crippen molar-refractivity contribution in [2.75, 3.05) is 0 Å². The second kappa shape index (κ2) is 5.29. The number of pyridine rings is 1. The van der Waals surface area contributed by atoms with Gasteiger partial charge >= 0.3 is 0 Å². The Bertz CT molecular complexity index is 534. The van der Waals surface area contributed by atoms with Gasteiger partial charge in [-0.25, -0.2) is 9.97 Å². The predicted octanol–water partition coefficient (Wildman–Crippen LogP) is 3.36. The minimum absolute atomic E-state index is 0.189. The van der Waals surface area contributed by atoms with Crippen LogP contribution in [0.1, 0.15) is 11.3 Å². The summed E-state index contributed by atoms with van der Waals surface area (Å²) in [6, 6.07) is 3.59. The maximum absolute atomic E-state index is 5.90. The smallest absolute Gasteiger partial charge is 0.228 e. The molecule has 0 spiro atoms. The average Bonchev–Trinajstić information content (AvgIpc) is 2.32. The van der Waals surface area contributed by atoms with Gasteiger partial charge < -0.3 is 4.74 Å². The minimum Gasteiger partial charge on any atom is -0.437 e. The molecular formula is C11H9Cl2N3O. The summed E-state index contributed by atoms with van der Waals surface area (Å²) in [6.07, 6.45) is 3.02. The number of aryl methyl sites for hydroxylation is 1. The van der Waals surface area contributed by atoms with Gasteiger partial charge in [-0.1, -0.05) is 11.6 Å². The van der Waals surface area contributed by atoms with Crippen LogP contribution in [-0.2, 0) is 5.88 Å². The lowest BCUT2D eigenvalue weighted by molar-refractivity contribution is 0.450. The fourth-order valence-corrected chi connectivity index (χ4v) is 1.76. The Morgan fingerprint density at radius 1 is 1.29 bits per heavy atom. The number of aromatic nitrogens is 3. The van der Waals surface area contributed by atoms with E-state index in [-0.39, 0.29) is 5.88 Å². The van der Waals surface area contributed by atoms with E-state index in [0.29, 0.717) is 22.3 Å². The summed E-state index contributed by atoms with van der Waals surface area (Å²) in [5.74, 6) is 1.17. The second-order valence-corrected chi connectivity index (χ2v) is 3.90. The Morgan fingerprint density at radius 3 is 2.82 bits per heavy atom. The van der Waals surface area contributed by atoms with Crippen molar-refractivity contribution in [2.45, 2.75) is 12.8 Å². The van der Waals surface area contributed by atoms with Crippen molar-refractivity contribution in [3.63, 3.8) is 0 Å². The van der Waals surface area contributed by atoms with E-state index < -0.39 is 0 Å². The number of hydrogen-bond donors (Lipinski definition) is 0. The molecule has 0 bridgehead atoms. The summed E-state index contributed by atoms with van der Waals surface area (Å²) >= 11 is 11.7. The monoisotopic (exact) mass is 269 g/mol. The molecule has 2 rings (SSSR count). The van der Waals surface area contributed by atoms with Gasteiger partial charge in [-0.2, -0.15) is 0 Å². The van der Waals surface area contributed by atoms with Gasteiger partial charge in [-0.3, -0.25) is 4.98 Å². The zero-order chi connectivity index (χ0) is 12.3. The summed E-state index contributed by atoms with van der Waals surface area (Å²) in [5, 5.41) is 0.298. The van der Waals surface area contributed by atoms with Crippen LogP contribution in [0.15, 0.2) is 24.7 Å². The molecule has 4 nitrogen and oxygen atoms in total. The third-order valence-electron chi connectivity index (χ3n) is 2.15. The van der Waals surface area contributed by atoms with Crippen molar-refractivity contribution in [1.29, 1.82) is 0 Å². The minimum atomic E-state index is 0.189. The molecule has 0 fully saturated rings. The molecule has 0 N–H and O–H groups in total. The first-order valence-electron chi connectivity index (χ1n) is 4.87. The van der Waals surface area contributed by atoms with E-state index in [1.165, 1.54) is 6.33 Å². The molecule has 0 saturated carbocycles. The number of nitrogens with zero attached hydrogens (tertiary/aromatic N) is 3. The first kappa shape index (κ1) is 12.1. The highest BCUT2D eigenvalue weighted by atomic mass is 35.5. The molecule has 0 aliphatic heterocycles. The average molecular weight is 270 g/mol. The standard InChI is InChI=1S/C11H9Cl2N3O/c1-7-9(3-2-4-14-7)17-11-8(5-12)10(13)15-6-16-11/h2-4,6H,5H2,1H3. The molecular weight excluding hydrogens is 261 g/mol. The van der Waals surface area contributed by atoms with Gasteiger partial charge in [0.15, 0.2) is 5.75 Å². The van der Waals surface area contributed by atoms with Gasteiger partial charge in [-0.05, 0) is 19.1 Å². The Morgan fingerprint density at radius 2 is 2.12 bits per heavy atom. The molecule has 17 heavy (non-hydrogen) atoms. The lowest BCUT2D eigenvalue weighted by Gasteiger charge is -2.09. The first-order chi connectivity index (χ1) is 8.22. The maximum Gasteiger partial charge on any atom is 0.228 e. The lowest BCUT2D eigenvalue weighted by Crippen LogP contribution is -1.97. The summed E-state index contributed by atoms with van der Waals surface area (Å²) in [5.41, 5.74) is 1.34. The molecule has 0 unspecified atom stereocenters. The first-order valence-corrected chi connectivity index (χ1v) is 5.78. The Labute approximate surface area is 109 Å². The Balaban J connectivity index is 2.37. The summed E-state index contributed by atoms with van der Waals surface area (Å²) in [7, 11) is 0. The molecule has 0 radical (unpaired) electrons. The zero-order valence-corrected chi connectivity index (χ0v) is 10.5. The summed E-state index contributed by atoms with van der Waals surface area (Å²) in [4.78, 5) is 12.0. The largest absolute Gasteiger partial charge is 0.437 e. The highest BCUT2D eigenvalue weighted by Crippen LogP contribution is 2.28. The number of alkyl halides is 1. The third-order valence-corrected chi connectivity index (χ3v) is 2.74. The van der Waals surface area contributed by atoms with E-state index in [0.717, 1.165) is 5.69 Å². The molecule has 0 aliphatic rings. The molecule has 2 aromatic rings. The molecule has 88 valence electrons. The van der Waals surface area contributed by atoms with Crippen molar-refractivity contribution in [3.05, 3.63) is 41.1 Å². The Hall–Kier alpha value is -1.39. The van der Waals surface area contributed by atoms with E-state index in [9.17, 15) is 0 Å². The van der Waals surface area contributed by atoms with Gasteiger partial charge in [0.05, 0.1) is 17.1 Å². The third kappa shape index (κ3) is 2.65. The highest BCUT2D eigenvalue weighted by molar-refractivity contribution is 6.31. The van der Waals surface area contributed by atoms with Crippen molar-refractivity contribution in [1.82, 2.24) is 15.0 Å². The van der Waals surface area contributed by atoms with Crippen LogP contribution >= 0.6 is 23.2 Å². The van der Waals surface area contributed by atoms with Crippen LogP contribution in [0, 0.1) is 6.92 Å². The van der Waals surface area contributed by atoms with Crippen LogP contribution in [0.2, 0.25) is 5.15 Å². The Kier molecular flexibility index (Phi) is 3.76. The molecule has 0 amide bonds. The van der Waals surface area contributed by atoms with E-state index in [1.54, 1.807) is 18.3 Å². The van der Waals surface area contributed by atoms with Crippen molar-refractivity contribution >= 4 is 23.2 Å². The maximum atomic E-state index is 5.90. The number of ether oxygens (including phenoxy) is 1. The fourth-order valence-electron chi connectivity index (χ4n) is 1.26. The second-order valence-electron chi connectivity index (χ2n) is 3.27. The van der Waals surface area contributed by atoms with Crippen LogP contribution in [0.5, 0.6) is 11.6 Å². The molecule has 6 heteroatoms. The molecule has 0 aliphatic carbocycles. The molecule has 2 heterocycles. The quantitative estimate of drug-likeness (QED) is 0.633. The van der Waals surface area contributed by atoms with E-state index >= 15 is 0 Å². The molecule has 0 aromatic carbocycles. The van der Waals surface area contributed by atoms with Crippen LogP contribution in [0.3, 0.4) is 0 Å². The van der Waals surface area contributed by atoms with Gasteiger partial charge in [0, 0.05) is 6.20 Å². The van der Waals surface area contributed by atoms with Crippen LogP contribution in [0.4, 0.5) is 0 Å². The van der Waals surface area contributed by atoms with E-state index in [2.05, 4.69) is 15.0 Å². The van der Waals surface area contributed by atoms with Crippen LogP contribution in [-0.4, -0.2) is 15.0 Å².